The fourth-order valence-corrected chi connectivity index (χ4v) is 6.91. The molecule has 1 amide bonds. The Morgan fingerprint density at radius 1 is 1.29 bits per heavy atom. The van der Waals surface area contributed by atoms with Crippen LogP contribution in [0.5, 0.6) is 0 Å². The fraction of sp³-hybridized carbons (Fsp3) is 0.391. The van der Waals surface area contributed by atoms with Crippen molar-refractivity contribution in [2.24, 2.45) is 5.92 Å². The molecule has 3 heterocycles. The standard InChI is InChI=1S/C23H26N4O5S2/c1-4-21-25-22(26-32-21)19-12-20(15(3)33-19)34(30,31)27-10-6-8-17(13-27)23(29)24-18-9-5-7-16(11-18)14(2)28/h5,7,9,11-12,17H,4,6,8,10,13H2,1-3H3,(H,24,29)/t17-/m1/s1. The van der Waals surface area contributed by atoms with Gasteiger partial charge in [-0.15, -0.1) is 11.3 Å². The molecule has 0 aliphatic carbocycles. The first kappa shape index (κ1) is 24.2. The molecule has 1 fully saturated rings. The third kappa shape index (κ3) is 4.96. The molecule has 0 saturated carbocycles. The minimum atomic E-state index is -3.80. The van der Waals surface area contributed by atoms with Crippen molar-refractivity contribution in [1.82, 2.24) is 14.4 Å². The predicted octanol–water partition coefficient (Wildman–Crippen LogP) is 3.91. The van der Waals surface area contributed by atoms with Crippen LogP contribution in [0.1, 0.15) is 47.8 Å². The highest BCUT2D eigenvalue weighted by molar-refractivity contribution is 7.89. The van der Waals surface area contributed by atoms with Crippen molar-refractivity contribution < 1.29 is 22.5 Å². The molecule has 0 radical (unpaired) electrons. The number of aryl methyl sites for hydroxylation is 2. The molecular formula is C23H26N4O5S2. The number of piperidine rings is 1. The largest absolute Gasteiger partial charge is 0.339 e. The number of amides is 1. The number of carbonyl (C=O) groups excluding carboxylic acids is 2. The molecule has 0 bridgehead atoms. The van der Waals surface area contributed by atoms with Gasteiger partial charge in [-0.25, -0.2) is 8.42 Å². The van der Waals surface area contributed by atoms with E-state index in [0.29, 0.717) is 58.5 Å². The molecule has 4 rings (SSSR count). The zero-order valence-corrected chi connectivity index (χ0v) is 20.8. The molecule has 1 atom stereocenters. The maximum atomic E-state index is 13.5. The van der Waals surface area contributed by atoms with E-state index in [0.717, 1.165) is 0 Å². The van der Waals surface area contributed by atoms with E-state index in [1.54, 1.807) is 37.3 Å². The number of thiophene rings is 1. The molecule has 1 aliphatic heterocycles. The van der Waals surface area contributed by atoms with E-state index < -0.39 is 15.9 Å². The van der Waals surface area contributed by atoms with Crippen LogP contribution in [0, 0.1) is 12.8 Å². The number of rotatable bonds is 7. The van der Waals surface area contributed by atoms with E-state index >= 15 is 0 Å². The summed E-state index contributed by atoms with van der Waals surface area (Å²) in [4.78, 5) is 30.3. The van der Waals surface area contributed by atoms with Crippen LogP contribution in [-0.2, 0) is 21.2 Å². The van der Waals surface area contributed by atoms with Crippen LogP contribution in [0.2, 0.25) is 0 Å². The molecule has 2 aromatic heterocycles. The lowest BCUT2D eigenvalue weighted by Gasteiger charge is -2.31. The van der Waals surface area contributed by atoms with E-state index in [1.807, 2.05) is 6.92 Å². The summed E-state index contributed by atoms with van der Waals surface area (Å²) in [5.74, 6) is 0.0111. The van der Waals surface area contributed by atoms with Crippen LogP contribution in [0.4, 0.5) is 5.69 Å². The first-order valence-corrected chi connectivity index (χ1v) is 13.3. The molecule has 34 heavy (non-hydrogen) atoms. The van der Waals surface area contributed by atoms with Gasteiger partial charge in [-0.1, -0.05) is 24.2 Å². The van der Waals surface area contributed by atoms with Crippen molar-refractivity contribution in [2.75, 3.05) is 18.4 Å². The molecule has 3 aromatic rings. The second-order valence-corrected chi connectivity index (χ2v) is 11.4. The van der Waals surface area contributed by atoms with Crippen molar-refractivity contribution in [3.05, 3.63) is 46.7 Å². The number of Topliss-reactive ketones (excluding diaryl/α,β-unsaturated/α-hetero) is 1. The van der Waals surface area contributed by atoms with Gasteiger partial charge in [0, 0.05) is 35.6 Å². The Labute approximate surface area is 202 Å². The van der Waals surface area contributed by atoms with Crippen molar-refractivity contribution >= 4 is 38.7 Å². The lowest BCUT2D eigenvalue weighted by molar-refractivity contribution is -0.120. The average molecular weight is 503 g/mol. The zero-order chi connectivity index (χ0) is 24.5. The highest BCUT2D eigenvalue weighted by atomic mass is 32.2. The van der Waals surface area contributed by atoms with Gasteiger partial charge in [0.25, 0.3) is 0 Å². The topological polar surface area (TPSA) is 122 Å². The number of carbonyl (C=O) groups is 2. The second kappa shape index (κ2) is 9.77. The molecule has 1 N–H and O–H groups in total. The average Bonchev–Trinajstić information content (AvgIpc) is 3.46. The normalized spacial score (nSPS) is 17.0. The third-order valence-electron chi connectivity index (χ3n) is 5.77. The van der Waals surface area contributed by atoms with Gasteiger partial charge < -0.3 is 9.84 Å². The molecule has 1 aromatic carbocycles. The number of aromatic nitrogens is 2. The number of nitrogens with zero attached hydrogens (tertiary/aromatic N) is 3. The number of hydrogen-bond acceptors (Lipinski definition) is 8. The van der Waals surface area contributed by atoms with E-state index in [2.05, 4.69) is 15.5 Å². The first-order chi connectivity index (χ1) is 16.2. The summed E-state index contributed by atoms with van der Waals surface area (Å²) in [7, 11) is -3.80. The Hall–Kier alpha value is -2.89. The van der Waals surface area contributed by atoms with Crippen LogP contribution in [0.15, 0.2) is 39.8 Å². The van der Waals surface area contributed by atoms with Crippen molar-refractivity contribution in [1.29, 1.82) is 0 Å². The summed E-state index contributed by atoms with van der Waals surface area (Å²) in [6.45, 7) is 5.55. The Kier molecular flexibility index (Phi) is 6.96. The summed E-state index contributed by atoms with van der Waals surface area (Å²) in [6, 6.07) is 8.29. The number of ketones is 1. The van der Waals surface area contributed by atoms with E-state index in [4.69, 9.17) is 4.52 Å². The third-order valence-corrected chi connectivity index (χ3v) is 8.94. The van der Waals surface area contributed by atoms with Gasteiger partial charge in [0.15, 0.2) is 5.78 Å². The molecule has 0 unspecified atom stereocenters. The van der Waals surface area contributed by atoms with Gasteiger partial charge in [0.2, 0.25) is 27.6 Å². The lowest BCUT2D eigenvalue weighted by atomic mass is 9.98. The molecule has 1 saturated heterocycles. The van der Waals surface area contributed by atoms with Gasteiger partial charge in [0.1, 0.15) is 0 Å². The van der Waals surface area contributed by atoms with E-state index in [1.165, 1.54) is 22.6 Å². The summed E-state index contributed by atoms with van der Waals surface area (Å²) < 4.78 is 33.4. The fourth-order valence-electron chi connectivity index (χ4n) is 3.90. The van der Waals surface area contributed by atoms with E-state index in [-0.39, 0.29) is 23.1 Å². The maximum absolute atomic E-state index is 13.5. The van der Waals surface area contributed by atoms with Crippen LogP contribution in [0.25, 0.3) is 10.7 Å². The highest BCUT2D eigenvalue weighted by Gasteiger charge is 2.35. The number of nitrogens with one attached hydrogen (secondary N) is 1. The number of sulfonamides is 1. The number of benzene rings is 1. The molecule has 9 nitrogen and oxygen atoms in total. The second-order valence-electron chi connectivity index (χ2n) is 8.22. The van der Waals surface area contributed by atoms with Gasteiger partial charge in [-0.05, 0) is 44.9 Å². The molecule has 1 aliphatic rings. The van der Waals surface area contributed by atoms with Crippen LogP contribution in [-0.4, -0.2) is 47.6 Å². The predicted molar refractivity (Wildman–Crippen MR) is 128 cm³/mol. The van der Waals surface area contributed by atoms with Crippen molar-refractivity contribution in [2.45, 2.75) is 44.9 Å². The van der Waals surface area contributed by atoms with Crippen molar-refractivity contribution in [3.63, 3.8) is 0 Å². The monoisotopic (exact) mass is 502 g/mol. The van der Waals surface area contributed by atoms with Crippen LogP contribution in [0.3, 0.4) is 0 Å². The summed E-state index contributed by atoms with van der Waals surface area (Å²) in [5, 5.41) is 6.77. The maximum Gasteiger partial charge on any atom is 0.244 e. The number of hydrogen-bond donors (Lipinski definition) is 1. The lowest BCUT2D eigenvalue weighted by Crippen LogP contribution is -2.43. The SMILES string of the molecule is CCc1nc(-c2cc(S(=O)(=O)N3CCC[C@@H](C(=O)Nc4cccc(C(C)=O)c4)C3)c(C)s2)no1. The van der Waals surface area contributed by atoms with Crippen LogP contribution < -0.4 is 5.32 Å². The minimum Gasteiger partial charge on any atom is -0.339 e. The summed E-state index contributed by atoms with van der Waals surface area (Å²) in [6.07, 6.45) is 1.76. The summed E-state index contributed by atoms with van der Waals surface area (Å²) >= 11 is 1.30. The van der Waals surface area contributed by atoms with Crippen LogP contribution >= 0.6 is 11.3 Å². The molecule has 11 heteroatoms. The van der Waals surface area contributed by atoms with E-state index in [9.17, 15) is 18.0 Å². The molecule has 180 valence electrons. The zero-order valence-electron chi connectivity index (χ0n) is 19.2. The van der Waals surface area contributed by atoms with Crippen molar-refractivity contribution in [3.8, 4) is 10.7 Å². The summed E-state index contributed by atoms with van der Waals surface area (Å²) in [5.41, 5.74) is 1.02. The number of anilines is 1. The Morgan fingerprint density at radius 3 is 2.79 bits per heavy atom. The molecular weight excluding hydrogens is 476 g/mol. The highest BCUT2D eigenvalue weighted by Crippen LogP contribution is 2.35. The smallest absolute Gasteiger partial charge is 0.244 e. The quantitative estimate of drug-likeness (QED) is 0.486. The van der Waals surface area contributed by atoms with Gasteiger partial charge >= 0.3 is 0 Å². The Balaban J connectivity index is 1.50. The van der Waals surface area contributed by atoms with Gasteiger partial charge in [0.05, 0.1) is 15.7 Å². The Bertz CT molecular complexity index is 1330. The first-order valence-electron chi connectivity index (χ1n) is 11.0. The minimum absolute atomic E-state index is 0.0907. The molecule has 0 spiro atoms. The van der Waals surface area contributed by atoms with Gasteiger partial charge in [-0.3, -0.25) is 9.59 Å². The Morgan fingerprint density at radius 2 is 2.09 bits per heavy atom. The van der Waals surface area contributed by atoms with Gasteiger partial charge in [-0.2, -0.15) is 9.29 Å².